The molecule has 1 fully saturated rings. The number of fused-ring (bicyclic) bond motifs is 3. The van der Waals surface area contributed by atoms with Crippen LogP contribution in [0.4, 0.5) is 5.69 Å². The monoisotopic (exact) mass is 519 g/mol. The van der Waals surface area contributed by atoms with Crippen LogP contribution in [0.2, 0.25) is 5.02 Å². The normalized spacial score (nSPS) is 21.1. The predicted octanol–water partition coefficient (Wildman–Crippen LogP) is 3.84. The van der Waals surface area contributed by atoms with E-state index in [1.54, 1.807) is 23.5 Å². The van der Waals surface area contributed by atoms with Crippen LogP contribution < -0.4 is 9.62 Å². The molecule has 0 radical (unpaired) electrons. The smallest absolute Gasteiger partial charge is 0.238 e. The highest BCUT2D eigenvalue weighted by atomic mass is 35.5. The van der Waals surface area contributed by atoms with Crippen LogP contribution in [0.25, 0.3) is 21.9 Å². The minimum absolute atomic E-state index is 0.0384. The van der Waals surface area contributed by atoms with E-state index in [1.165, 1.54) is 6.33 Å². The Morgan fingerprint density at radius 1 is 1.11 bits per heavy atom. The van der Waals surface area contributed by atoms with E-state index in [2.05, 4.69) is 14.7 Å². The van der Waals surface area contributed by atoms with Crippen molar-refractivity contribution in [1.29, 1.82) is 0 Å². The van der Waals surface area contributed by atoms with Crippen LogP contribution in [0.1, 0.15) is 24.1 Å². The van der Waals surface area contributed by atoms with Gasteiger partial charge in [-0.05, 0) is 42.0 Å². The molecule has 8 nitrogen and oxygen atoms in total. The SMILES string of the molecule is CS(=O)(=O)N[C@H]1C[C@]2(C1)C(=O)N(Cc1ncc3cc(Cl)ccc3c1-c1cncnc1)c1ccccc12. The maximum atomic E-state index is 13.9. The highest BCUT2D eigenvalue weighted by Crippen LogP contribution is 2.54. The molecule has 0 atom stereocenters. The molecule has 1 aliphatic carbocycles. The maximum absolute atomic E-state index is 13.9. The Labute approximate surface area is 213 Å². The average molecular weight is 520 g/mol. The van der Waals surface area contributed by atoms with Gasteiger partial charge >= 0.3 is 0 Å². The molecule has 1 saturated carbocycles. The first-order valence-corrected chi connectivity index (χ1v) is 13.7. The number of benzene rings is 2. The average Bonchev–Trinajstić information content (AvgIpc) is 3.07. The largest absolute Gasteiger partial charge is 0.305 e. The zero-order chi connectivity index (χ0) is 25.1. The van der Waals surface area contributed by atoms with Gasteiger partial charge in [0, 0.05) is 51.9 Å². The van der Waals surface area contributed by atoms with Crippen molar-refractivity contribution in [2.45, 2.75) is 30.8 Å². The number of anilines is 1. The van der Waals surface area contributed by atoms with E-state index >= 15 is 0 Å². The summed E-state index contributed by atoms with van der Waals surface area (Å²) in [5.74, 6) is -0.0384. The summed E-state index contributed by atoms with van der Waals surface area (Å²) in [5.41, 5.74) is 3.38. The molecular formula is C26H22ClN5O3S. The molecule has 3 heterocycles. The minimum Gasteiger partial charge on any atom is -0.305 e. The highest BCUT2D eigenvalue weighted by molar-refractivity contribution is 7.88. The number of rotatable bonds is 5. The highest BCUT2D eigenvalue weighted by Gasteiger charge is 2.58. The zero-order valence-electron chi connectivity index (χ0n) is 19.3. The van der Waals surface area contributed by atoms with E-state index in [9.17, 15) is 13.2 Å². The van der Waals surface area contributed by atoms with E-state index in [1.807, 2.05) is 42.5 Å². The predicted molar refractivity (Wildman–Crippen MR) is 138 cm³/mol. The summed E-state index contributed by atoms with van der Waals surface area (Å²) in [5, 5.41) is 2.43. The van der Waals surface area contributed by atoms with Crippen molar-refractivity contribution in [2.75, 3.05) is 11.2 Å². The lowest BCUT2D eigenvalue weighted by atomic mass is 9.62. The second-order valence-electron chi connectivity index (χ2n) is 9.42. The molecule has 1 N–H and O–H groups in total. The number of nitrogens with zero attached hydrogens (tertiary/aromatic N) is 4. The molecule has 1 aliphatic heterocycles. The zero-order valence-corrected chi connectivity index (χ0v) is 20.9. The third kappa shape index (κ3) is 3.75. The Kier molecular flexibility index (Phi) is 5.33. The third-order valence-electron chi connectivity index (χ3n) is 7.02. The Bertz CT molecular complexity index is 1620. The van der Waals surface area contributed by atoms with Gasteiger partial charge in [0.05, 0.1) is 23.9 Å². The van der Waals surface area contributed by atoms with Crippen molar-refractivity contribution in [3.05, 3.63) is 83.7 Å². The number of para-hydroxylation sites is 1. The Balaban J connectivity index is 1.42. The fourth-order valence-corrected chi connectivity index (χ4v) is 6.52. The number of hydrogen-bond donors (Lipinski definition) is 1. The quantitative estimate of drug-likeness (QED) is 0.429. The van der Waals surface area contributed by atoms with Gasteiger partial charge in [-0.2, -0.15) is 0 Å². The number of pyridine rings is 1. The van der Waals surface area contributed by atoms with Crippen molar-refractivity contribution in [3.63, 3.8) is 0 Å². The van der Waals surface area contributed by atoms with Crippen molar-refractivity contribution in [1.82, 2.24) is 19.7 Å². The molecule has 0 saturated heterocycles. The summed E-state index contributed by atoms with van der Waals surface area (Å²) < 4.78 is 26.1. The standard InChI is InChI=1S/C26H22ClN5O3S/c1-36(34,35)31-19-9-26(10-19)21-4-2-3-5-23(21)32(25(26)33)14-22-24(17-11-28-15-29-12-17)20-7-6-18(27)8-16(20)13-30-22/h2-8,11-13,15,19,31H,9-10,14H2,1H3/t19-,26+. The van der Waals surface area contributed by atoms with Crippen LogP contribution in [0, 0.1) is 0 Å². The van der Waals surface area contributed by atoms with Gasteiger partial charge in [-0.25, -0.2) is 23.1 Å². The molecule has 0 bridgehead atoms. The van der Waals surface area contributed by atoms with Gasteiger partial charge in [0.1, 0.15) is 6.33 Å². The molecule has 1 spiro atoms. The van der Waals surface area contributed by atoms with Crippen LogP contribution in [0.15, 0.2) is 67.4 Å². The molecular weight excluding hydrogens is 498 g/mol. The first-order valence-electron chi connectivity index (χ1n) is 11.5. The summed E-state index contributed by atoms with van der Waals surface area (Å²) in [6, 6.07) is 13.1. The van der Waals surface area contributed by atoms with Gasteiger partial charge in [-0.3, -0.25) is 9.78 Å². The first kappa shape index (κ1) is 23.0. The van der Waals surface area contributed by atoms with Crippen molar-refractivity contribution in [3.8, 4) is 11.1 Å². The minimum atomic E-state index is -3.35. The fraction of sp³-hybridized carbons (Fsp3) is 0.231. The number of hydrogen-bond acceptors (Lipinski definition) is 6. The van der Waals surface area contributed by atoms with Crippen molar-refractivity contribution >= 4 is 44.0 Å². The number of halogens is 1. The summed E-state index contributed by atoms with van der Waals surface area (Å²) in [6.07, 6.45) is 8.70. The maximum Gasteiger partial charge on any atom is 0.238 e. The second kappa shape index (κ2) is 8.33. The van der Waals surface area contributed by atoms with Gasteiger partial charge < -0.3 is 4.90 Å². The summed E-state index contributed by atoms with van der Waals surface area (Å²) >= 11 is 6.23. The summed E-state index contributed by atoms with van der Waals surface area (Å²) in [4.78, 5) is 28.8. The Morgan fingerprint density at radius 3 is 2.61 bits per heavy atom. The van der Waals surface area contributed by atoms with E-state index in [0.29, 0.717) is 23.6 Å². The van der Waals surface area contributed by atoms with Crippen LogP contribution in [0.3, 0.4) is 0 Å². The number of aromatic nitrogens is 3. The molecule has 4 aromatic rings. The first-order chi connectivity index (χ1) is 17.2. The molecule has 6 rings (SSSR count). The van der Waals surface area contributed by atoms with E-state index in [-0.39, 0.29) is 18.5 Å². The lowest BCUT2D eigenvalue weighted by Crippen LogP contribution is -2.57. The van der Waals surface area contributed by atoms with Crippen LogP contribution >= 0.6 is 11.6 Å². The number of sulfonamides is 1. The molecule has 2 aromatic heterocycles. The third-order valence-corrected chi connectivity index (χ3v) is 8.02. The van der Waals surface area contributed by atoms with Crippen LogP contribution in [0.5, 0.6) is 0 Å². The van der Waals surface area contributed by atoms with Gasteiger partial charge in [-0.15, -0.1) is 0 Å². The van der Waals surface area contributed by atoms with Gasteiger partial charge in [-0.1, -0.05) is 35.9 Å². The lowest BCUT2D eigenvalue weighted by Gasteiger charge is -2.43. The van der Waals surface area contributed by atoms with Gasteiger partial charge in [0.15, 0.2) is 0 Å². The molecule has 2 aromatic carbocycles. The van der Waals surface area contributed by atoms with E-state index < -0.39 is 15.4 Å². The van der Waals surface area contributed by atoms with Gasteiger partial charge in [0.2, 0.25) is 15.9 Å². The molecule has 1 amide bonds. The number of carbonyl (C=O) groups is 1. The Hall–Kier alpha value is -3.40. The second-order valence-corrected chi connectivity index (χ2v) is 11.6. The summed E-state index contributed by atoms with van der Waals surface area (Å²) in [7, 11) is -3.35. The molecule has 0 unspecified atom stereocenters. The van der Waals surface area contributed by atoms with E-state index in [4.69, 9.17) is 16.6 Å². The van der Waals surface area contributed by atoms with E-state index in [0.717, 1.165) is 39.4 Å². The van der Waals surface area contributed by atoms with Crippen LogP contribution in [-0.2, 0) is 26.8 Å². The molecule has 10 heteroatoms. The Morgan fingerprint density at radius 2 is 1.86 bits per heavy atom. The number of nitrogens with one attached hydrogen (secondary N) is 1. The van der Waals surface area contributed by atoms with Crippen molar-refractivity contribution in [2.24, 2.45) is 0 Å². The van der Waals surface area contributed by atoms with Crippen molar-refractivity contribution < 1.29 is 13.2 Å². The van der Waals surface area contributed by atoms with Crippen LogP contribution in [-0.4, -0.2) is 41.6 Å². The number of carbonyl (C=O) groups excluding carboxylic acids is 1. The summed E-state index contributed by atoms with van der Waals surface area (Å²) in [6.45, 7) is 0.255. The molecule has 36 heavy (non-hydrogen) atoms. The molecule has 2 aliphatic rings. The fourth-order valence-electron chi connectivity index (χ4n) is 5.57. The van der Waals surface area contributed by atoms with Gasteiger partial charge in [0.25, 0.3) is 0 Å². The topological polar surface area (TPSA) is 105 Å². The lowest BCUT2D eigenvalue weighted by molar-refractivity contribution is -0.126. The molecule has 182 valence electrons. The number of amides is 1.